The largest absolute Gasteiger partial charge is 2.00 e. The Kier molecular flexibility index (Phi) is 20.1. The molecule has 255 valence electrons. The molecule has 0 aliphatic rings. The van der Waals surface area contributed by atoms with Crippen LogP contribution in [-0.4, -0.2) is 30.0 Å². The molecule has 5 rings (SSSR count). The first-order chi connectivity index (χ1) is 22.6. The number of nitrogens with zero attached hydrogens (tertiary/aromatic N) is 7. The van der Waals surface area contributed by atoms with Gasteiger partial charge in [0.05, 0.1) is 52.0 Å². The monoisotopic (exact) mass is 752 g/mol. The predicted octanol–water partition coefficient (Wildman–Crippen LogP) is -4.17. The molecule has 19 heteroatoms. The molecule has 0 atom stereocenters. The zero-order valence-electron chi connectivity index (χ0n) is 25.4. The topological polar surface area (TPSA) is 317 Å². The van der Waals surface area contributed by atoms with Gasteiger partial charge in [0.25, 0.3) is 0 Å². The molecule has 0 aliphatic carbocycles. The molecule has 49 heavy (non-hydrogen) atoms. The number of halogens is 2. The van der Waals surface area contributed by atoms with Crippen molar-refractivity contribution in [1.82, 2.24) is 24.9 Å². The minimum Gasteiger partial charge on any atom is -0.372 e. The van der Waals surface area contributed by atoms with Crippen molar-refractivity contribution < 1.29 is 79.9 Å². The summed E-state index contributed by atoms with van der Waals surface area (Å²) in [6.07, 6.45) is 5.07. The molecule has 1 N–H and O–H groups in total. The molecule has 0 amide bonds. The van der Waals surface area contributed by atoms with Crippen molar-refractivity contribution in [3.63, 3.8) is 0 Å². The van der Waals surface area contributed by atoms with Crippen LogP contribution in [0.5, 0.6) is 0 Å². The van der Waals surface area contributed by atoms with Crippen molar-refractivity contribution in [2.45, 2.75) is 19.4 Å². The van der Waals surface area contributed by atoms with E-state index < -0.39 is 26.1 Å². The Morgan fingerprint density at radius 3 is 1.08 bits per heavy atom. The molecule has 0 saturated carbocycles. The van der Waals surface area contributed by atoms with Crippen LogP contribution in [0.3, 0.4) is 0 Å². The summed E-state index contributed by atoms with van der Waals surface area (Å²) in [6.45, 7) is 2.86. The van der Waals surface area contributed by atoms with E-state index in [-0.39, 0.29) is 17.1 Å². The fourth-order valence-electron chi connectivity index (χ4n) is 3.56. The van der Waals surface area contributed by atoms with Crippen molar-refractivity contribution in [2.24, 2.45) is 0 Å². The Morgan fingerprint density at radius 2 is 0.796 bits per heavy atom. The van der Waals surface area contributed by atoms with Crippen molar-refractivity contribution >= 4 is 0 Å². The molecule has 16 nitrogen and oxygen atoms in total. The van der Waals surface area contributed by atoms with E-state index in [1.54, 1.807) is 55.0 Å². The first-order valence-corrected chi connectivity index (χ1v) is 15.3. The van der Waals surface area contributed by atoms with Crippen LogP contribution in [0.1, 0.15) is 30.9 Å². The number of pyridine rings is 5. The van der Waals surface area contributed by atoms with Crippen LogP contribution in [0.15, 0.2) is 110 Å². The number of aromatic nitrogens is 5. The second kappa shape index (κ2) is 22.2. The smallest absolute Gasteiger partial charge is 0.372 e. The van der Waals surface area contributed by atoms with Crippen LogP contribution in [-0.2, 0) is 22.7 Å². The molecule has 0 fully saturated rings. The van der Waals surface area contributed by atoms with Crippen molar-refractivity contribution in [3.8, 4) is 34.9 Å². The van der Waals surface area contributed by atoms with Gasteiger partial charge in [-0.1, -0.05) is 30.3 Å². The minimum absolute atomic E-state index is 0. The van der Waals surface area contributed by atoms with Crippen LogP contribution in [0.4, 0.5) is 0 Å². The molecule has 5 heterocycles. The number of nitriles is 2. The second-order valence-electron chi connectivity index (χ2n) is 8.37. The third kappa shape index (κ3) is 17.4. The number of rotatable bonds is 5. The van der Waals surface area contributed by atoms with Gasteiger partial charge >= 0.3 is 17.1 Å². The molecule has 0 unspecified atom stereocenters. The molecular formula is C30H25Cl2MnN7O9. The molecule has 0 spiro atoms. The van der Waals surface area contributed by atoms with E-state index in [1.807, 2.05) is 66.7 Å². The van der Waals surface area contributed by atoms with E-state index in [1.165, 1.54) is 13.8 Å². The summed E-state index contributed by atoms with van der Waals surface area (Å²) in [5, 5.41) is 26.8. The van der Waals surface area contributed by atoms with Gasteiger partial charge in [-0.15, -0.1) is 20.5 Å². The average Bonchev–Trinajstić information content (AvgIpc) is 3.05. The summed E-state index contributed by atoms with van der Waals surface area (Å²) in [7, 11) is -9.89. The third-order valence-corrected chi connectivity index (χ3v) is 5.13. The predicted molar refractivity (Wildman–Crippen MR) is 144 cm³/mol. The van der Waals surface area contributed by atoms with Gasteiger partial charge in [-0.05, 0) is 60.7 Å². The summed E-state index contributed by atoms with van der Waals surface area (Å²) >= 11 is 0. The van der Waals surface area contributed by atoms with Crippen molar-refractivity contribution in [2.75, 3.05) is 0 Å². The number of hydrogen-bond acceptors (Lipinski definition) is 16. The van der Waals surface area contributed by atoms with Gasteiger partial charge in [0, 0.05) is 32.4 Å². The van der Waals surface area contributed by atoms with Gasteiger partial charge in [-0.3, -0.25) is 15.0 Å². The van der Waals surface area contributed by atoms with Crippen LogP contribution in [0, 0.1) is 43.1 Å². The van der Waals surface area contributed by atoms with E-state index >= 15 is 0 Å². The van der Waals surface area contributed by atoms with Crippen LogP contribution >= 0.6 is 0 Å². The third-order valence-electron chi connectivity index (χ3n) is 5.13. The zero-order valence-corrected chi connectivity index (χ0v) is 28.1. The SMILES string of the molecule is CC#N.CC#N.OC(c1ccccn1)(c1cccc(-c2ccccn2)n1)c1cccc(-c2ccccn2)n1.[Mn+2].[O-][Cl+3]([O-])([O-])[O-].[O-][Cl+3]([O-])([O-])[O-]. The first kappa shape index (κ1) is 44.5. The quantitative estimate of drug-likeness (QED) is 0.166. The van der Waals surface area contributed by atoms with Crippen LogP contribution in [0.25, 0.3) is 22.8 Å². The molecule has 5 aromatic heterocycles. The maximum absolute atomic E-state index is 12.1. The average molecular weight is 753 g/mol. The van der Waals surface area contributed by atoms with Crippen molar-refractivity contribution in [3.05, 3.63) is 127 Å². The summed E-state index contributed by atoms with van der Waals surface area (Å²) in [4.78, 5) is 22.7. The van der Waals surface area contributed by atoms with Gasteiger partial charge in [0.2, 0.25) is 0 Å². The van der Waals surface area contributed by atoms with Gasteiger partial charge in [-0.25, -0.2) is 47.2 Å². The Hall–Kier alpha value is -4.53. The maximum atomic E-state index is 12.1. The van der Waals surface area contributed by atoms with E-state index in [4.69, 9.17) is 57.8 Å². The number of aliphatic hydroxyl groups is 1. The van der Waals surface area contributed by atoms with Gasteiger partial charge in [0.15, 0.2) is 5.60 Å². The Morgan fingerprint density at radius 1 is 0.510 bits per heavy atom. The van der Waals surface area contributed by atoms with E-state index in [2.05, 4.69) is 15.0 Å². The molecule has 0 aromatic carbocycles. The normalized spacial score (nSPS) is 10.1. The first-order valence-electron chi connectivity index (χ1n) is 12.8. The Bertz CT molecular complexity index is 1620. The summed E-state index contributed by atoms with van der Waals surface area (Å²) < 4.78 is 67.9. The maximum Gasteiger partial charge on any atom is 2.00 e. The Balaban J connectivity index is 0.00000115. The van der Waals surface area contributed by atoms with Crippen LogP contribution in [0.2, 0.25) is 0 Å². The Labute approximate surface area is 295 Å². The van der Waals surface area contributed by atoms with E-state index in [0.29, 0.717) is 39.9 Å². The summed E-state index contributed by atoms with van der Waals surface area (Å²) in [6, 6.07) is 31.2. The van der Waals surface area contributed by atoms with E-state index in [0.717, 1.165) is 0 Å². The fraction of sp³-hybridized carbons (Fsp3) is 0.100. The van der Waals surface area contributed by atoms with Gasteiger partial charge < -0.3 is 5.11 Å². The standard InChI is InChI=1S/C26H19N5O.2C2H3N.2ClHO4.Mn/c32-26(23-13-3-6-18-29-23,24-14-7-11-21(30-24)19-9-1-4-16-27-19)25-15-8-12-22(31-25)20-10-2-5-17-28-20;2*1-2-3;2*2-1(3,4)5;/h1-18,32H;2*1H3;2*(H,2,3,4,5);/q;;;;;+2/p-2. The second-order valence-corrected chi connectivity index (χ2v) is 9.89. The van der Waals surface area contributed by atoms with Crippen LogP contribution < -0.4 is 37.3 Å². The molecule has 5 aromatic rings. The van der Waals surface area contributed by atoms with Gasteiger partial charge in [-0.2, -0.15) is 10.5 Å². The molecule has 1 radical (unpaired) electrons. The molecular weight excluding hydrogens is 728 g/mol. The molecule has 0 bridgehead atoms. The zero-order chi connectivity index (χ0) is 36.2. The minimum atomic E-state index is -4.94. The summed E-state index contributed by atoms with van der Waals surface area (Å²) in [5.41, 5.74) is 2.31. The summed E-state index contributed by atoms with van der Waals surface area (Å²) in [5.74, 6) is 0. The van der Waals surface area contributed by atoms with E-state index in [9.17, 15) is 5.11 Å². The number of hydrogen-bond donors (Lipinski definition) is 1. The molecule has 0 saturated heterocycles. The molecule has 0 aliphatic heterocycles. The van der Waals surface area contributed by atoms with Gasteiger partial charge in [0.1, 0.15) is 0 Å². The van der Waals surface area contributed by atoms with Crippen molar-refractivity contribution in [1.29, 1.82) is 10.5 Å². The fourth-order valence-corrected chi connectivity index (χ4v) is 3.56.